The minimum atomic E-state index is -0.210. The molecule has 0 saturated carbocycles. The topological polar surface area (TPSA) is 26.3 Å². The average Bonchev–Trinajstić information content (AvgIpc) is 2.17. The van der Waals surface area contributed by atoms with Crippen molar-refractivity contribution >= 4 is 42.5 Å². The van der Waals surface area contributed by atoms with Crippen LogP contribution in [0.2, 0.25) is 0 Å². The number of ether oxygens (including phenoxy) is 1. The Bertz CT molecular complexity index is 142. The van der Waals surface area contributed by atoms with Crippen LogP contribution < -0.4 is 0 Å². The molecule has 0 aliphatic rings. The van der Waals surface area contributed by atoms with E-state index in [1.807, 2.05) is 0 Å². The van der Waals surface area contributed by atoms with Gasteiger partial charge in [0, 0.05) is 23.9 Å². The van der Waals surface area contributed by atoms with E-state index in [0.717, 1.165) is 12.8 Å². The molecule has 0 saturated heterocycles. The molecular weight excluding hydrogens is 303 g/mol. The second-order valence-electron chi connectivity index (χ2n) is 3.26. The van der Waals surface area contributed by atoms with Crippen molar-refractivity contribution in [3.05, 3.63) is 0 Å². The molecule has 0 heterocycles. The van der Waals surface area contributed by atoms with E-state index in [0.29, 0.717) is 12.5 Å². The van der Waals surface area contributed by atoms with E-state index in [4.69, 9.17) is 4.74 Å². The third-order valence-corrected chi connectivity index (χ3v) is 2.41. The van der Waals surface area contributed by atoms with E-state index in [1.54, 1.807) is 0 Å². The number of carbonyl (C=O) groups is 1. The SMILES string of the molecule is CCCCC(CC)COC(=O)CS.[Sn]. The Morgan fingerprint density at radius 1 is 1.43 bits per heavy atom. The van der Waals surface area contributed by atoms with Crippen molar-refractivity contribution in [3.8, 4) is 0 Å². The summed E-state index contributed by atoms with van der Waals surface area (Å²) in [5, 5.41) is 0. The maximum absolute atomic E-state index is 10.8. The van der Waals surface area contributed by atoms with Crippen LogP contribution in [0, 0.1) is 5.92 Å². The average molecular weight is 323 g/mol. The first-order valence-electron chi connectivity index (χ1n) is 5.01. The van der Waals surface area contributed by atoms with Gasteiger partial charge in [0.05, 0.1) is 12.4 Å². The smallest absolute Gasteiger partial charge is 0.315 e. The molecule has 1 atom stereocenters. The molecule has 0 fully saturated rings. The molecule has 2 nitrogen and oxygen atoms in total. The van der Waals surface area contributed by atoms with Crippen LogP contribution >= 0.6 is 12.6 Å². The molecule has 0 aliphatic carbocycles. The molecule has 14 heavy (non-hydrogen) atoms. The minimum Gasteiger partial charge on any atom is -0.465 e. The van der Waals surface area contributed by atoms with Crippen LogP contribution in [0.5, 0.6) is 0 Å². The monoisotopic (exact) mass is 324 g/mol. The fraction of sp³-hybridized carbons (Fsp3) is 0.900. The summed E-state index contributed by atoms with van der Waals surface area (Å²) in [7, 11) is 0. The summed E-state index contributed by atoms with van der Waals surface area (Å²) >= 11 is 3.84. The largest absolute Gasteiger partial charge is 0.465 e. The number of esters is 1. The van der Waals surface area contributed by atoms with Gasteiger partial charge >= 0.3 is 5.97 Å². The van der Waals surface area contributed by atoms with Gasteiger partial charge in [0.1, 0.15) is 0 Å². The van der Waals surface area contributed by atoms with E-state index in [2.05, 4.69) is 26.5 Å². The molecule has 0 amide bonds. The van der Waals surface area contributed by atoms with Crippen molar-refractivity contribution in [3.63, 3.8) is 0 Å². The van der Waals surface area contributed by atoms with E-state index < -0.39 is 0 Å². The first kappa shape index (κ1) is 17.0. The summed E-state index contributed by atoms with van der Waals surface area (Å²) in [6.07, 6.45) is 4.67. The van der Waals surface area contributed by atoms with Crippen LogP contribution in [-0.4, -0.2) is 42.2 Å². The molecule has 0 aromatic heterocycles. The van der Waals surface area contributed by atoms with Crippen molar-refractivity contribution in [2.75, 3.05) is 12.4 Å². The zero-order valence-corrected chi connectivity index (χ0v) is 12.8. The molecule has 0 bridgehead atoms. The van der Waals surface area contributed by atoms with E-state index >= 15 is 0 Å². The van der Waals surface area contributed by atoms with Gasteiger partial charge in [0.25, 0.3) is 0 Å². The van der Waals surface area contributed by atoms with Crippen LogP contribution in [0.25, 0.3) is 0 Å². The molecule has 0 aliphatic heterocycles. The number of carbonyl (C=O) groups excluding carboxylic acids is 1. The van der Waals surface area contributed by atoms with Crippen molar-refractivity contribution in [1.29, 1.82) is 0 Å². The van der Waals surface area contributed by atoms with Gasteiger partial charge in [-0.3, -0.25) is 4.79 Å². The number of unbranched alkanes of at least 4 members (excludes halogenated alkanes) is 1. The standard InChI is InChI=1S/C10H20O2S.Sn/c1-3-5-6-9(4-2)7-12-10(11)8-13;/h9,13H,3-8H2,1-2H3;. The van der Waals surface area contributed by atoms with Crippen LogP contribution in [-0.2, 0) is 9.53 Å². The van der Waals surface area contributed by atoms with Crippen molar-refractivity contribution in [2.24, 2.45) is 5.92 Å². The van der Waals surface area contributed by atoms with Gasteiger partial charge in [0.2, 0.25) is 0 Å². The zero-order valence-electron chi connectivity index (χ0n) is 9.08. The normalized spacial score (nSPS) is 11.6. The Hall–Kier alpha value is 0.619. The fourth-order valence-corrected chi connectivity index (χ4v) is 1.25. The van der Waals surface area contributed by atoms with Crippen LogP contribution in [0.1, 0.15) is 39.5 Å². The Morgan fingerprint density at radius 2 is 2.07 bits per heavy atom. The predicted molar refractivity (Wildman–Crippen MR) is 63.9 cm³/mol. The Balaban J connectivity index is 0. The van der Waals surface area contributed by atoms with Gasteiger partial charge in [0.15, 0.2) is 0 Å². The molecule has 0 spiro atoms. The van der Waals surface area contributed by atoms with Crippen molar-refractivity contribution in [1.82, 2.24) is 0 Å². The Morgan fingerprint density at radius 3 is 2.50 bits per heavy atom. The summed E-state index contributed by atoms with van der Waals surface area (Å²) in [5.74, 6) is 0.506. The summed E-state index contributed by atoms with van der Waals surface area (Å²) in [6.45, 7) is 4.87. The Labute approximate surface area is 110 Å². The molecule has 0 rings (SSSR count). The summed E-state index contributed by atoms with van der Waals surface area (Å²) in [6, 6.07) is 0. The first-order valence-corrected chi connectivity index (χ1v) is 5.64. The van der Waals surface area contributed by atoms with Crippen LogP contribution in [0.3, 0.4) is 0 Å². The number of thiol groups is 1. The Kier molecular flexibility index (Phi) is 14.2. The first-order chi connectivity index (χ1) is 6.24. The maximum Gasteiger partial charge on any atom is 0.315 e. The molecule has 4 heteroatoms. The minimum absolute atomic E-state index is 0. The van der Waals surface area contributed by atoms with Crippen molar-refractivity contribution in [2.45, 2.75) is 39.5 Å². The second-order valence-corrected chi connectivity index (χ2v) is 3.57. The van der Waals surface area contributed by atoms with Gasteiger partial charge < -0.3 is 4.74 Å². The molecule has 0 aromatic rings. The predicted octanol–water partition coefficient (Wildman–Crippen LogP) is 2.30. The van der Waals surface area contributed by atoms with Crippen LogP contribution in [0.15, 0.2) is 0 Å². The van der Waals surface area contributed by atoms with E-state index in [9.17, 15) is 4.79 Å². The molecule has 0 aromatic carbocycles. The number of hydrogen-bond acceptors (Lipinski definition) is 3. The molecular formula is C10H20O2SSn. The number of rotatable bonds is 7. The molecule has 4 radical (unpaired) electrons. The van der Waals surface area contributed by atoms with Gasteiger partial charge in [-0.25, -0.2) is 0 Å². The van der Waals surface area contributed by atoms with Crippen LogP contribution in [0.4, 0.5) is 0 Å². The summed E-state index contributed by atoms with van der Waals surface area (Å²) in [5.41, 5.74) is 0. The van der Waals surface area contributed by atoms with Gasteiger partial charge in [-0.05, 0) is 12.3 Å². The zero-order chi connectivity index (χ0) is 10.1. The molecule has 82 valence electrons. The third-order valence-electron chi connectivity index (χ3n) is 2.15. The fourth-order valence-electron chi connectivity index (χ4n) is 1.15. The quantitative estimate of drug-likeness (QED) is 0.442. The van der Waals surface area contributed by atoms with E-state index in [1.165, 1.54) is 12.8 Å². The van der Waals surface area contributed by atoms with Gasteiger partial charge in [-0.2, -0.15) is 12.6 Å². The maximum atomic E-state index is 10.8. The molecule has 0 N–H and O–H groups in total. The van der Waals surface area contributed by atoms with Gasteiger partial charge in [-0.15, -0.1) is 0 Å². The second kappa shape index (κ2) is 11.7. The number of hydrogen-bond donors (Lipinski definition) is 1. The summed E-state index contributed by atoms with van der Waals surface area (Å²) < 4.78 is 5.03. The van der Waals surface area contributed by atoms with Crippen molar-refractivity contribution < 1.29 is 9.53 Å². The van der Waals surface area contributed by atoms with E-state index in [-0.39, 0.29) is 35.6 Å². The third kappa shape index (κ3) is 9.18. The van der Waals surface area contributed by atoms with Gasteiger partial charge in [-0.1, -0.05) is 33.1 Å². The summed E-state index contributed by atoms with van der Waals surface area (Å²) in [4.78, 5) is 10.8. The molecule has 1 unspecified atom stereocenters.